The van der Waals surface area contributed by atoms with E-state index >= 15 is 0 Å². The lowest BCUT2D eigenvalue weighted by molar-refractivity contribution is 0.722. The van der Waals surface area contributed by atoms with Crippen molar-refractivity contribution >= 4 is 34.2 Å². The summed E-state index contributed by atoms with van der Waals surface area (Å²) in [5.74, 6) is 0. The maximum absolute atomic E-state index is 4.65. The molecule has 0 N–H and O–H groups in total. The van der Waals surface area contributed by atoms with E-state index in [2.05, 4.69) is 423 Å². The molecular formula is C138H141N3. The second kappa shape index (κ2) is 50.5. The van der Waals surface area contributed by atoms with Crippen LogP contribution in [-0.4, -0.2) is 17.1 Å². The summed E-state index contributed by atoms with van der Waals surface area (Å²) in [5, 5.41) is 0. The molecule has 0 fully saturated rings. The van der Waals surface area contributed by atoms with Crippen molar-refractivity contribution in [3.8, 4) is 33.4 Å². The van der Waals surface area contributed by atoms with Gasteiger partial charge < -0.3 is 0 Å². The van der Waals surface area contributed by atoms with E-state index in [4.69, 9.17) is 0 Å². The number of fused-ring (bicyclic) bond motifs is 27. The first kappa shape index (κ1) is 103. The standard InChI is InChI=1S/3C26H18.3C15H15N.3C3H8.3C2H6/c3*1-5-13-22-18(9-1)17-19-10-2-6-14-23(19)26(22)24-15-7-3-11-20(24)21-12-4-8-16-25(21)26;3*1-12-8-6-7-11-15(12)16-13(2)14-9-4-3-5-10-14;3*1-3-2;3*1-2/h3*1-16H,17H2;3*3-11H,1-2H3;3*3H2,1-2H3;3*1-2H3. The van der Waals surface area contributed by atoms with Gasteiger partial charge in [0.25, 0.3) is 0 Å². The van der Waals surface area contributed by atoms with Gasteiger partial charge >= 0.3 is 0 Å². The number of hydrogen-bond donors (Lipinski definition) is 0. The van der Waals surface area contributed by atoms with Crippen molar-refractivity contribution in [3.63, 3.8) is 0 Å². The first-order chi connectivity index (χ1) is 69.3. The number of para-hydroxylation sites is 3. The summed E-state index contributed by atoms with van der Waals surface area (Å²) in [4.78, 5) is 13.9. The third kappa shape index (κ3) is 21.9. The van der Waals surface area contributed by atoms with Crippen molar-refractivity contribution in [3.05, 3.63) is 589 Å². The van der Waals surface area contributed by atoms with Crippen molar-refractivity contribution in [2.45, 2.75) is 179 Å². The molecule has 0 saturated heterocycles. The van der Waals surface area contributed by atoms with Crippen LogP contribution in [0.15, 0.2) is 470 Å². The monoisotopic (exact) mass is 1840 g/mol. The quantitative estimate of drug-likeness (QED) is 0.149. The molecule has 6 aliphatic carbocycles. The zero-order valence-electron chi connectivity index (χ0n) is 86.4. The first-order valence-electron chi connectivity index (χ1n) is 51.3. The maximum atomic E-state index is 4.65. The molecule has 0 bridgehead atoms. The minimum Gasteiger partial charge on any atom is -0.253 e. The van der Waals surface area contributed by atoms with Crippen molar-refractivity contribution in [2.24, 2.45) is 15.0 Å². The highest BCUT2D eigenvalue weighted by Gasteiger charge is 2.52. The summed E-state index contributed by atoms with van der Waals surface area (Å²) >= 11 is 0. The van der Waals surface area contributed by atoms with E-state index < -0.39 is 0 Å². The summed E-state index contributed by atoms with van der Waals surface area (Å²) in [5.41, 5.74) is 46.9. The van der Waals surface area contributed by atoms with Crippen LogP contribution in [0, 0.1) is 20.8 Å². The minimum atomic E-state index is -0.196. The van der Waals surface area contributed by atoms with Gasteiger partial charge in [-0.05, 0) is 246 Å². The first-order valence-corrected chi connectivity index (χ1v) is 51.3. The number of aryl methyl sites for hydroxylation is 3. The molecule has 6 aliphatic rings. The van der Waals surface area contributed by atoms with Crippen molar-refractivity contribution in [2.75, 3.05) is 0 Å². The van der Waals surface area contributed by atoms with Gasteiger partial charge in [0.05, 0.1) is 33.3 Å². The highest BCUT2D eigenvalue weighted by Crippen LogP contribution is 2.63. The van der Waals surface area contributed by atoms with Gasteiger partial charge in [-0.15, -0.1) is 0 Å². The van der Waals surface area contributed by atoms with Gasteiger partial charge in [-0.1, -0.05) is 539 Å². The Bertz CT molecular complexity index is 6240. The van der Waals surface area contributed by atoms with Crippen LogP contribution in [0.25, 0.3) is 33.4 Å². The summed E-state index contributed by atoms with van der Waals surface area (Å²) < 4.78 is 0. The summed E-state index contributed by atoms with van der Waals surface area (Å²) in [7, 11) is 0. The second-order valence-electron chi connectivity index (χ2n) is 35.7. The molecule has 0 amide bonds. The molecule has 0 radical (unpaired) electrons. The Morgan fingerprint density at radius 1 is 0.177 bits per heavy atom. The van der Waals surface area contributed by atoms with Gasteiger partial charge in [-0.25, -0.2) is 0 Å². The highest BCUT2D eigenvalue weighted by molar-refractivity contribution is 6.02. The summed E-state index contributed by atoms with van der Waals surface area (Å²) in [6, 6.07) is 163. The number of aliphatic imine (C=N–C) groups is 3. The Kier molecular flexibility index (Phi) is 37.0. The van der Waals surface area contributed by atoms with E-state index in [9.17, 15) is 0 Å². The molecule has 3 spiro atoms. The normalized spacial score (nSPS) is 12.8. The number of hydrogen-bond acceptors (Lipinski definition) is 3. The van der Waals surface area contributed by atoms with Crippen LogP contribution < -0.4 is 0 Å². The molecule has 141 heavy (non-hydrogen) atoms. The van der Waals surface area contributed by atoms with E-state index in [0.717, 1.165) is 53.5 Å². The topological polar surface area (TPSA) is 37.1 Å². The molecule has 3 heteroatoms. The van der Waals surface area contributed by atoms with E-state index in [1.54, 1.807) is 0 Å². The molecular weight excluding hydrogens is 1700 g/mol. The van der Waals surface area contributed by atoms with Crippen LogP contribution in [0.5, 0.6) is 0 Å². The Morgan fingerprint density at radius 2 is 0.312 bits per heavy atom. The summed E-state index contributed by atoms with van der Waals surface area (Å²) in [6.45, 7) is 37.1. The van der Waals surface area contributed by atoms with Gasteiger partial charge in [0.2, 0.25) is 0 Å². The molecule has 0 heterocycles. The van der Waals surface area contributed by atoms with Crippen LogP contribution in [0.2, 0.25) is 0 Å². The highest BCUT2D eigenvalue weighted by atomic mass is 14.8. The maximum Gasteiger partial charge on any atom is 0.0719 e. The van der Waals surface area contributed by atoms with Crippen LogP contribution in [0.4, 0.5) is 17.1 Å². The zero-order chi connectivity index (χ0) is 99.7. The van der Waals surface area contributed by atoms with E-state index in [1.165, 1.54) is 186 Å². The van der Waals surface area contributed by atoms with Gasteiger partial charge in [0.1, 0.15) is 0 Å². The lowest BCUT2D eigenvalue weighted by Crippen LogP contribution is -2.34. The van der Waals surface area contributed by atoms with Gasteiger partial charge in [-0.2, -0.15) is 0 Å². The van der Waals surface area contributed by atoms with Crippen molar-refractivity contribution in [1.82, 2.24) is 0 Å². The fourth-order valence-corrected chi connectivity index (χ4v) is 20.6. The predicted molar refractivity (Wildman–Crippen MR) is 610 cm³/mol. The number of nitrogens with zero attached hydrogens (tertiary/aromatic N) is 3. The fraction of sp³-hybridized carbons (Fsp3) is 0.196. The Hall–Kier alpha value is -15.0. The molecule has 0 atom stereocenters. The van der Waals surface area contributed by atoms with E-state index in [0.29, 0.717) is 0 Å². The molecule has 3 nitrogen and oxygen atoms in total. The van der Waals surface area contributed by atoms with Crippen LogP contribution in [0.1, 0.15) is 257 Å². The molecule has 0 unspecified atom stereocenters. The van der Waals surface area contributed by atoms with Crippen LogP contribution in [0.3, 0.4) is 0 Å². The van der Waals surface area contributed by atoms with E-state index in [-0.39, 0.29) is 16.2 Å². The van der Waals surface area contributed by atoms with Crippen molar-refractivity contribution in [1.29, 1.82) is 0 Å². The smallest absolute Gasteiger partial charge is 0.0719 e. The number of rotatable bonds is 6. The molecule has 0 aliphatic heterocycles. The lowest BCUT2D eigenvalue weighted by Gasteiger charge is -2.40. The third-order valence-electron chi connectivity index (χ3n) is 26.3. The minimum absolute atomic E-state index is 0.196. The molecule has 24 rings (SSSR count). The Labute approximate surface area is 844 Å². The van der Waals surface area contributed by atoms with Crippen molar-refractivity contribution < 1.29 is 0 Å². The molecule has 18 aromatic rings. The van der Waals surface area contributed by atoms with Crippen LogP contribution >= 0.6 is 0 Å². The average Bonchev–Trinajstić information content (AvgIpc) is 1.55. The van der Waals surface area contributed by atoms with Gasteiger partial charge in [-0.3, -0.25) is 15.0 Å². The molecule has 18 aromatic carbocycles. The Morgan fingerprint density at radius 3 is 0.482 bits per heavy atom. The lowest BCUT2D eigenvalue weighted by atomic mass is 9.61. The fourth-order valence-electron chi connectivity index (χ4n) is 20.6. The largest absolute Gasteiger partial charge is 0.253 e. The van der Waals surface area contributed by atoms with E-state index in [1.807, 2.05) is 172 Å². The SMILES string of the molecule is CC.CC.CC.CC(=Nc1ccccc1C)c1ccccc1.CC(=Nc1ccccc1C)c1ccccc1.CC(=Nc1ccccc1C)c1ccccc1.CCC.CCC.CCC.c1ccc2c(c1)Cc1ccccc1C21c2ccccc2-c2ccccc21.c1ccc2c(c1)Cc1ccccc1C21c2ccccc2-c2ccccc21.c1ccc2c(c1)Cc1ccccc1C21c2ccccc2-c2ccccc21. The number of benzene rings is 18. The second-order valence-corrected chi connectivity index (χ2v) is 35.7. The Balaban J connectivity index is 0.000000140. The van der Waals surface area contributed by atoms with Gasteiger partial charge in [0.15, 0.2) is 0 Å². The zero-order valence-corrected chi connectivity index (χ0v) is 86.4. The third-order valence-corrected chi connectivity index (χ3v) is 26.3. The molecule has 0 saturated carbocycles. The van der Waals surface area contributed by atoms with Gasteiger partial charge in [0, 0.05) is 17.1 Å². The summed E-state index contributed by atoms with van der Waals surface area (Å²) in [6.07, 6.45) is 6.79. The average molecular weight is 1840 g/mol. The van der Waals surface area contributed by atoms with Crippen LogP contribution in [-0.2, 0) is 35.5 Å². The molecule has 0 aromatic heterocycles. The predicted octanol–water partition coefficient (Wildman–Crippen LogP) is 37.6. The molecule has 708 valence electrons.